The third kappa shape index (κ3) is 20.1. The van der Waals surface area contributed by atoms with E-state index >= 15 is 0 Å². The number of carbonyl (C=O) groups is 9. The molecular formula is C63H81N9O18. The predicted octanol–water partition coefficient (Wildman–Crippen LogP) is 0.248. The van der Waals surface area contributed by atoms with Crippen LogP contribution in [-0.4, -0.2) is 209 Å². The number of nitrogens with one attached hydrogen (secondary N) is 5. The molecule has 0 fully saturated rings. The summed E-state index contributed by atoms with van der Waals surface area (Å²) in [6, 6.07) is 17.1. The van der Waals surface area contributed by atoms with Crippen LogP contribution in [0.3, 0.4) is 0 Å². The van der Waals surface area contributed by atoms with E-state index in [1.807, 2.05) is 37.3 Å². The molecule has 2 aromatic heterocycles. The first kappa shape index (κ1) is 69.2. The quantitative estimate of drug-likeness (QED) is 0.0174. The standard InChI is InChI=1S/C63H81N9O18/c1-3-5-21-70(22-17-44-45-13-9-10-14-49(45)69-59-46(44)41-72-51(59)37-48-47(61(72)81)42-90-62(82)63(48,83)4-2)58(79)40-67-60(80)50(36-43-11-7-6-8-12-43)68-55(76)39-66-54(75)38-65-53(74)19-24-84-26-28-86-30-32-88-34-35-89-33-31-87-29-27-85-25-20-64-52(73)18-23-71-56(77)15-16-57(71)78/h6-16,37,50,83H,3-5,17-36,38-42H2,1-2H3,(H,64,73)(H,65,74)(H,66,75)(H,67,80)(H,68,76)/t50-,63-/m0/s1. The van der Waals surface area contributed by atoms with Crippen LogP contribution in [0.15, 0.2) is 77.6 Å². The Morgan fingerprint density at radius 2 is 1.28 bits per heavy atom. The van der Waals surface area contributed by atoms with Gasteiger partial charge in [-0.2, -0.15) is 0 Å². The van der Waals surface area contributed by atoms with Gasteiger partial charge in [0.15, 0.2) is 5.60 Å². The zero-order valence-electron chi connectivity index (χ0n) is 51.0. The number of hydrogen-bond acceptors (Lipinski definition) is 19. The third-order valence-electron chi connectivity index (χ3n) is 15.1. The monoisotopic (exact) mass is 1250 g/mol. The number of imide groups is 1. The molecule has 0 spiro atoms. The lowest BCUT2D eigenvalue weighted by molar-refractivity contribution is -0.172. The summed E-state index contributed by atoms with van der Waals surface area (Å²) in [5.74, 6) is -4.68. The van der Waals surface area contributed by atoms with E-state index in [9.17, 15) is 53.1 Å². The Labute approximate surface area is 520 Å². The fraction of sp³-hybridized carbons (Fsp3) is 0.508. The highest BCUT2D eigenvalue weighted by Crippen LogP contribution is 2.40. The van der Waals surface area contributed by atoms with Crippen molar-refractivity contribution in [3.05, 3.63) is 111 Å². The molecule has 2 atom stereocenters. The average molecular weight is 1250 g/mol. The van der Waals surface area contributed by atoms with E-state index in [1.165, 1.54) is 12.2 Å². The van der Waals surface area contributed by atoms with Crippen LogP contribution in [0.5, 0.6) is 0 Å². The minimum atomic E-state index is -1.98. The smallest absolute Gasteiger partial charge is 0.343 e. The van der Waals surface area contributed by atoms with Crippen LogP contribution in [0, 0.1) is 0 Å². The minimum absolute atomic E-state index is 0.00694. The van der Waals surface area contributed by atoms with Crippen molar-refractivity contribution in [3.63, 3.8) is 0 Å². The molecule has 27 nitrogen and oxygen atoms in total. The molecule has 5 heterocycles. The fourth-order valence-corrected chi connectivity index (χ4v) is 10.1. The Hall–Kier alpha value is -8.31. The second-order valence-electron chi connectivity index (χ2n) is 21.3. The van der Waals surface area contributed by atoms with Crippen molar-refractivity contribution in [2.24, 2.45) is 0 Å². The van der Waals surface area contributed by atoms with Gasteiger partial charge >= 0.3 is 5.97 Å². The molecule has 0 unspecified atom stereocenters. The number of fused-ring (bicyclic) bond motifs is 5. The van der Waals surface area contributed by atoms with Crippen molar-refractivity contribution < 1.29 is 81.4 Å². The van der Waals surface area contributed by atoms with Crippen LogP contribution in [0.25, 0.3) is 22.3 Å². The summed E-state index contributed by atoms with van der Waals surface area (Å²) >= 11 is 0. The third-order valence-corrected chi connectivity index (χ3v) is 15.1. The molecular weight excluding hydrogens is 1170 g/mol. The molecule has 0 aliphatic carbocycles. The summed E-state index contributed by atoms with van der Waals surface area (Å²) in [6.45, 7) is 6.92. The number of cyclic esters (lactones) is 1. The lowest BCUT2D eigenvalue weighted by Gasteiger charge is -2.31. The first-order valence-corrected chi connectivity index (χ1v) is 30.4. The summed E-state index contributed by atoms with van der Waals surface area (Å²) in [6.07, 6.45) is 4.27. The Kier molecular flexibility index (Phi) is 27.5. The highest BCUT2D eigenvalue weighted by molar-refractivity contribution is 6.13. The zero-order chi connectivity index (χ0) is 64.3. The SMILES string of the molecule is CCCCN(CCc1c2c(nc3ccccc13)-c1cc3c(c(=O)n1C2)COC(=O)[C@]3(O)CC)C(=O)CNC(=O)[C@H](Cc1ccccc1)NC(=O)CNC(=O)CNC(=O)CCOCCOCCOCCOCCOCCOCCNC(=O)CCN1C(=O)C=CC1=O. The van der Waals surface area contributed by atoms with Gasteiger partial charge < -0.3 is 74.3 Å². The van der Waals surface area contributed by atoms with E-state index in [0.29, 0.717) is 89.1 Å². The van der Waals surface area contributed by atoms with Crippen molar-refractivity contribution in [1.29, 1.82) is 0 Å². The summed E-state index contributed by atoms with van der Waals surface area (Å²) in [5, 5.41) is 25.3. The molecule has 0 radical (unpaired) electrons. The van der Waals surface area contributed by atoms with Gasteiger partial charge in [0.2, 0.25) is 35.4 Å². The summed E-state index contributed by atoms with van der Waals surface area (Å²) in [4.78, 5) is 136. The predicted molar refractivity (Wildman–Crippen MR) is 324 cm³/mol. The van der Waals surface area contributed by atoms with E-state index in [2.05, 4.69) is 26.6 Å². The first-order valence-electron chi connectivity index (χ1n) is 30.4. The van der Waals surface area contributed by atoms with Gasteiger partial charge in [-0.3, -0.25) is 48.1 Å². The lowest BCUT2D eigenvalue weighted by Crippen LogP contribution is -2.52. The van der Waals surface area contributed by atoms with E-state index in [-0.39, 0.29) is 120 Å². The van der Waals surface area contributed by atoms with E-state index in [4.69, 9.17) is 38.1 Å². The molecule has 3 aliphatic heterocycles. The second-order valence-corrected chi connectivity index (χ2v) is 21.3. The number of aromatic nitrogens is 2. The van der Waals surface area contributed by atoms with Crippen molar-refractivity contribution in [2.45, 2.75) is 83.6 Å². The number of unbranched alkanes of at least 4 members (excludes halogenated alkanes) is 1. The van der Waals surface area contributed by atoms with Gasteiger partial charge in [-0.05, 0) is 42.5 Å². The normalized spacial score (nSPS) is 15.0. The van der Waals surface area contributed by atoms with Gasteiger partial charge in [-0.25, -0.2) is 9.78 Å². The molecule has 6 N–H and O–H groups in total. The largest absolute Gasteiger partial charge is 0.458 e. The topological polar surface area (TPSA) is 340 Å². The Balaban J connectivity index is 0.742. The van der Waals surface area contributed by atoms with Gasteiger partial charge in [0.1, 0.15) is 12.6 Å². The van der Waals surface area contributed by atoms with Crippen LogP contribution in [0.2, 0.25) is 0 Å². The molecule has 4 aromatic rings. The maximum Gasteiger partial charge on any atom is 0.343 e. The average Bonchev–Trinajstić information content (AvgIpc) is 1.50. The number of para-hydroxylation sites is 1. The minimum Gasteiger partial charge on any atom is -0.458 e. The van der Waals surface area contributed by atoms with Crippen LogP contribution in [-0.2, 0) is 108 Å². The molecule has 0 saturated carbocycles. The lowest BCUT2D eigenvalue weighted by atomic mass is 9.86. The Morgan fingerprint density at radius 3 is 1.93 bits per heavy atom. The summed E-state index contributed by atoms with van der Waals surface area (Å²) in [7, 11) is 0. The molecule has 90 heavy (non-hydrogen) atoms. The van der Waals surface area contributed by atoms with Crippen molar-refractivity contribution in [2.75, 3.05) is 125 Å². The molecule has 27 heteroatoms. The van der Waals surface area contributed by atoms with E-state index in [0.717, 1.165) is 33.4 Å². The number of esters is 1. The number of carbonyl (C=O) groups excluding carboxylic acids is 9. The zero-order valence-corrected chi connectivity index (χ0v) is 51.0. The molecule has 0 bridgehead atoms. The second kappa shape index (κ2) is 35.8. The van der Waals surface area contributed by atoms with Crippen LogP contribution < -0.4 is 32.1 Å². The summed E-state index contributed by atoms with van der Waals surface area (Å²) in [5.41, 5.74) is 2.13. The molecule has 486 valence electrons. The number of amides is 8. The maximum atomic E-state index is 14.1. The number of hydrogen-bond donors (Lipinski definition) is 6. The van der Waals surface area contributed by atoms with Crippen LogP contribution in [0.4, 0.5) is 0 Å². The number of ether oxygens (including phenoxy) is 7. The molecule has 3 aliphatic rings. The van der Waals surface area contributed by atoms with Crippen LogP contribution >= 0.6 is 0 Å². The number of nitrogens with zero attached hydrogens (tertiary/aromatic N) is 4. The van der Waals surface area contributed by atoms with Gasteiger partial charge in [-0.15, -0.1) is 0 Å². The first-order chi connectivity index (χ1) is 43.6. The van der Waals surface area contributed by atoms with Crippen LogP contribution in [0.1, 0.15) is 73.8 Å². The Morgan fingerprint density at radius 1 is 0.678 bits per heavy atom. The summed E-state index contributed by atoms with van der Waals surface area (Å²) < 4.78 is 39.6. The maximum absolute atomic E-state index is 14.1. The van der Waals surface area contributed by atoms with Crippen molar-refractivity contribution in [3.8, 4) is 11.4 Å². The molecule has 7 rings (SSSR count). The highest BCUT2D eigenvalue weighted by atomic mass is 16.6. The molecule has 2 aromatic carbocycles. The number of rotatable bonds is 41. The van der Waals surface area contributed by atoms with Gasteiger partial charge in [0, 0.05) is 74.1 Å². The van der Waals surface area contributed by atoms with E-state index < -0.39 is 66.1 Å². The van der Waals surface area contributed by atoms with E-state index in [1.54, 1.807) is 46.7 Å². The number of pyridine rings is 2. The number of benzene rings is 2. The van der Waals surface area contributed by atoms with Gasteiger partial charge in [-0.1, -0.05) is 68.8 Å². The van der Waals surface area contributed by atoms with Gasteiger partial charge in [0.05, 0.1) is 128 Å². The highest BCUT2D eigenvalue weighted by Gasteiger charge is 2.45. The van der Waals surface area contributed by atoms with Crippen molar-refractivity contribution >= 4 is 64.1 Å². The molecule has 8 amide bonds. The Bertz CT molecular complexity index is 3230. The van der Waals surface area contributed by atoms with Gasteiger partial charge in [0.25, 0.3) is 17.4 Å². The van der Waals surface area contributed by atoms with Crippen molar-refractivity contribution in [1.82, 2.24) is 45.9 Å². The number of aliphatic hydroxyl groups is 1. The fourth-order valence-electron chi connectivity index (χ4n) is 10.1. The molecule has 0 saturated heterocycles.